The van der Waals surface area contributed by atoms with Crippen molar-refractivity contribution in [3.63, 3.8) is 0 Å². The van der Waals surface area contributed by atoms with E-state index in [1.165, 1.54) is 6.33 Å². The third-order valence-electron chi connectivity index (χ3n) is 6.38. The molecular weight excluding hydrogens is 500 g/mol. The van der Waals surface area contributed by atoms with Crippen LogP contribution in [0.3, 0.4) is 0 Å². The minimum atomic E-state index is -0.736. The molecule has 0 bridgehead atoms. The number of benzene rings is 1. The lowest BCUT2D eigenvalue weighted by atomic mass is 10.1. The average Bonchev–Trinajstić information content (AvgIpc) is 3.50. The lowest BCUT2D eigenvalue weighted by Gasteiger charge is -2.27. The number of halogens is 1. The van der Waals surface area contributed by atoms with Gasteiger partial charge in [0.05, 0.1) is 6.33 Å². The smallest absolute Gasteiger partial charge is 0.319 e. The van der Waals surface area contributed by atoms with Crippen molar-refractivity contribution in [3.8, 4) is 0 Å². The van der Waals surface area contributed by atoms with E-state index in [2.05, 4.69) is 30.5 Å². The highest BCUT2D eigenvalue weighted by Gasteiger charge is 2.56. The van der Waals surface area contributed by atoms with Crippen LogP contribution in [0.2, 0.25) is 5.02 Å². The highest BCUT2D eigenvalue weighted by atomic mass is 35.5. The van der Waals surface area contributed by atoms with E-state index in [0.29, 0.717) is 40.8 Å². The van der Waals surface area contributed by atoms with E-state index in [0.717, 1.165) is 13.0 Å². The number of anilines is 2. The summed E-state index contributed by atoms with van der Waals surface area (Å²) in [5.74, 6) is -0.422. The largest absolute Gasteiger partial charge is 0.382 e. The number of nitrogens with one attached hydrogen (secondary N) is 2. The number of urea groups is 1. The summed E-state index contributed by atoms with van der Waals surface area (Å²) in [6, 6.07) is 6.70. The van der Waals surface area contributed by atoms with Crippen molar-refractivity contribution in [1.29, 1.82) is 0 Å². The molecule has 12 nitrogen and oxygen atoms in total. The summed E-state index contributed by atoms with van der Waals surface area (Å²) in [6.07, 6.45) is 2.52. The van der Waals surface area contributed by atoms with Crippen LogP contribution in [0.5, 0.6) is 0 Å². The third-order valence-corrected chi connectivity index (χ3v) is 6.63. The first-order chi connectivity index (χ1) is 17.7. The fourth-order valence-electron chi connectivity index (χ4n) is 4.74. The van der Waals surface area contributed by atoms with Crippen LogP contribution in [0.25, 0.3) is 11.2 Å². The average molecular weight is 531 g/mol. The number of carbonyl (C=O) groups excluding carboxylic acids is 1. The maximum absolute atomic E-state index is 12.1. The first kappa shape index (κ1) is 25.6. The molecule has 3 aromatic rings. The minimum Gasteiger partial charge on any atom is -0.382 e. The topological polar surface area (TPSA) is 142 Å². The van der Waals surface area contributed by atoms with Crippen molar-refractivity contribution >= 4 is 40.3 Å². The molecule has 1 aromatic carbocycles. The molecule has 5 rings (SSSR count). The van der Waals surface area contributed by atoms with Crippen LogP contribution >= 0.6 is 11.6 Å². The zero-order chi connectivity index (χ0) is 26.2. The van der Waals surface area contributed by atoms with Crippen LogP contribution in [-0.4, -0.2) is 81.2 Å². The summed E-state index contributed by atoms with van der Waals surface area (Å²) in [5, 5.41) is 6.28. The van der Waals surface area contributed by atoms with E-state index in [9.17, 15) is 4.79 Å². The van der Waals surface area contributed by atoms with Gasteiger partial charge >= 0.3 is 6.03 Å². The number of ether oxygens (including phenoxy) is 3. The van der Waals surface area contributed by atoms with Crippen LogP contribution in [0, 0.1) is 0 Å². The zero-order valence-corrected chi connectivity index (χ0v) is 21.7. The second-order valence-corrected chi connectivity index (χ2v) is 10.2. The van der Waals surface area contributed by atoms with Crippen molar-refractivity contribution in [2.75, 3.05) is 37.7 Å². The number of hydrogen-bond donors (Lipinski definition) is 3. The Kier molecular flexibility index (Phi) is 7.19. The first-order valence-electron chi connectivity index (χ1n) is 12.1. The van der Waals surface area contributed by atoms with Gasteiger partial charge in [-0.3, -0.25) is 4.57 Å². The van der Waals surface area contributed by atoms with Crippen LogP contribution in [0.4, 0.5) is 16.3 Å². The zero-order valence-electron chi connectivity index (χ0n) is 20.9. The van der Waals surface area contributed by atoms with Crippen molar-refractivity contribution in [2.24, 2.45) is 0 Å². The van der Waals surface area contributed by atoms with Gasteiger partial charge in [-0.1, -0.05) is 11.6 Å². The quantitative estimate of drug-likeness (QED) is 0.374. The summed E-state index contributed by atoms with van der Waals surface area (Å²) < 4.78 is 20.7. The monoisotopic (exact) mass is 530 g/mol. The van der Waals surface area contributed by atoms with E-state index in [4.69, 9.17) is 31.5 Å². The highest BCUT2D eigenvalue weighted by Crippen LogP contribution is 2.44. The summed E-state index contributed by atoms with van der Waals surface area (Å²) in [4.78, 5) is 27.0. The molecule has 2 aliphatic rings. The van der Waals surface area contributed by atoms with E-state index in [-0.39, 0.29) is 24.3 Å². The van der Waals surface area contributed by atoms with Crippen molar-refractivity contribution in [1.82, 2.24) is 29.7 Å². The predicted octanol–water partition coefficient (Wildman–Crippen LogP) is 2.62. The second kappa shape index (κ2) is 10.4. The predicted molar refractivity (Wildman–Crippen MR) is 138 cm³/mol. The SMILES string of the molecule is CN(CCCNC(=O)Nc1ccc(Cl)cc1)CC1OC(n2cnc3c(N)ncnc32)C2OC(C)(C)OC12. The fraction of sp³-hybridized carbons (Fsp3) is 0.500. The van der Waals surface area contributed by atoms with Gasteiger partial charge in [-0.25, -0.2) is 19.7 Å². The Morgan fingerprint density at radius 1 is 1.19 bits per heavy atom. The molecule has 4 N–H and O–H groups in total. The molecular formula is C24H31ClN8O4. The van der Waals surface area contributed by atoms with Crippen LogP contribution < -0.4 is 16.4 Å². The van der Waals surface area contributed by atoms with Crippen molar-refractivity contribution in [3.05, 3.63) is 41.9 Å². The normalized spacial score (nSPS) is 24.5. The van der Waals surface area contributed by atoms with Gasteiger partial charge in [0.15, 0.2) is 23.5 Å². The molecule has 2 aliphatic heterocycles. The van der Waals surface area contributed by atoms with Crippen LogP contribution in [0.1, 0.15) is 26.5 Å². The summed E-state index contributed by atoms with van der Waals surface area (Å²) in [5.41, 5.74) is 7.76. The number of likely N-dealkylation sites (N-methyl/N-ethyl adjacent to an activating group) is 1. The molecule has 2 saturated heterocycles. The molecule has 37 heavy (non-hydrogen) atoms. The molecule has 0 aliphatic carbocycles. The molecule has 198 valence electrons. The van der Waals surface area contributed by atoms with Gasteiger partial charge in [-0.05, 0) is 58.1 Å². The number of rotatable bonds is 8. The minimum absolute atomic E-state index is 0.237. The Morgan fingerprint density at radius 3 is 2.73 bits per heavy atom. The van der Waals surface area contributed by atoms with E-state index >= 15 is 0 Å². The standard InChI is InChI=1S/C24H31ClN8O4/c1-24(2)36-18-16(11-32(3)10-4-9-27-23(34)31-15-7-5-14(25)6-8-15)35-22(19(18)37-24)33-13-30-17-20(26)28-12-29-21(17)33/h5-8,12-13,16,18-19,22H,4,9-11H2,1-3H3,(H2,26,28,29)(H2,27,31,34). The van der Waals surface area contributed by atoms with E-state index < -0.39 is 12.0 Å². The van der Waals surface area contributed by atoms with Crippen LogP contribution in [-0.2, 0) is 14.2 Å². The molecule has 4 atom stereocenters. The van der Waals surface area contributed by atoms with Gasteiger partial charge in [0, 0.05) is 23.8 Å². The van der Waals surface area contributed by atoms with Crippen molar-refractivity contribution in [2.45, 2.75) is 50.6 Å². The number of nitrogens with zero attached hydrogens (tertiary/aromatic N) is 5. The first-order valence-corrected chi connectivity index (χ1v) is 12.5. The van der Waals surface area contributed by atoms with Crippen molar-refractivity contribution < 1.29 is 19.0 Å². The summed E-state index contributed by atoms with van der Waals surface area (Å²) in [7, 11) is 2.01. The number of aromatic nitrogens is 4. The number of hydrogen-bond acceptors (Lipinski definition) is 9. The third kappa shape index (κ3) is 5.63. The Morgan fingerprint density at radius 2 is 1.95 bits per heavy atom. The maximum Gasteiger partial charge on any atom is 0.319 e. The van der Waals surface area contributed by atoms with Gasteiger partial charge in [-0.15, -0.1) is 0 Å². The number of nitrogen functional groups attached to an aromatic ring is 1. The van der Waals surface area contributed by atoms with Gasteiger partial charge < -0.3 is 35.5 Å². The Labute approximate surface area is 219 Å². The highest BCUT2D eigenvalue weighted by molar-refractivity contribution is 6.30. The molecule has 2 amide bonds. The fourth-order valence-corrected chi connectivity index (χ4v) is 4.87. The van der Waals surface area contributed by atoms with Gasteiger partial charge in [0.1, 0.15) is 30.2 Å². The van der Waals surface area contributed by atoms with Gasteiger partial charge in [0.2, 0.25) is 0 Å². The Hall–Kier alpha value is -3.03. The molecule has 0 spiro atoms. The molecule has 0 saturated carbocycles. The number of amides is 2. The second-order valence-electron chi connectivity index (χ2n) is 9.72. The lowest BCUT2D eigenvalue weighted by molar-refractivity contribution is -0.197. The summed E-state index contributed by atoms with van der Waals surface area (Å²) >= 11 is 5.88. The molecule has 13 heteroatoms. The van der Waals surface area contributed by atoms with Gasteiger partial charge in [0.25, 0.3) is 0 Å². The number of imidazole rings is 1. The van der Waals surface area contributed by atoms with E-state index in [1.54, 1.807) is 30.6 Å². The number of fused-ring (bicyclic) bond motifs is 2. The molecule has 2 fully saturated rings. The molecule has 4 unspecified atom stereocenters. The summed E-state index contributed by atoms with van der Waals surface area (Å²) in [6.45, 7) is 5.70. The number of nitrogens with two attached hydrogens (primary N) is 1. The lowest BCUT2D eigenvalue weighted by Crippen LogP contribution is -2.39. The van der Waals surface area contributed by atoms with E-state index in [1.807, 2.05) is 25.5 Å². The molecule has 0 radical (unpaired) electrons. The maximum atomic E-state index is 12.1. The van der Waals surface area contributed by atoms with Crippen LogP contribution in [0.15, 0.2) is 36.9 Å². The van der Waals surface area contributed by atoms with Gasteiger partial charge in [-0.2, -0.15) is 0 Å². The molecule has 4 heterocycles. The Balaban J connectivity index is 1.16. The number of carbonyl (C=O) groups is 1. The molecule has 2 aromatic heterocycles. The Bertz CT molecular complexity index is 1250.